The minimum Gasteiger partial charge on any atom is -0.468 e. The maximum absolute atomic E-state index is 11.7. The lowest BCUT2D eigenvalue weighted by atomic mass is 9.98. The Kier molecular flexibility index (Phi) is 5.38. The van der Waals surface area contributed by atoms with Crippen molar-refractivity contribution in [2.45, 2.75) is 32.4 Å². The predicted molar refractivity (Wildman–Crippen MR) is 73.7 cm³/mol. The van der Waals surface area contributed by atoms with Gasteiger partial charge in [0.05, 0.1) is 16.9 Å². The molecule has 1 N–H and O–H groups in total. The van der Waals surface area contributed by atoms with E-state index in [1.165, 1.54) is 7.11 Å². The van der Waals surface area contributed by atoms with Gasteiger partial charge in [-0.2, -0.15) is 5.10 Å². The molecule has 0 aliphatic rings. The van der Waals surface area contributed by atoms with Crippen LogP contribution in [0.15, 0.2) is 12.4 Å². The fraction of sp³-hybridized carbons (Fsp3) is 0.636. The molecular weight excluding hydrogens is 333 g/mol. The van der Waals surface area contributed by atoms with Crippen LogP contribution in [0, 0.1) is 3.57 Å². The van der Waals surface area contributed by atoms with Crippen molar-refractivity contribution in [3.05, 3.63) is 16.0 Å². The Bertz CT molecular complexity index is 381. The average Bonchev–Trinajstić information content (AvgIpc) is 2.72. The van der Waals surface area contributed by atoms with Gasteiger partial charge in [-0.1, -0.05) is 6.92 Å². The van der Waals surface area contributed by atoms with Crippen LogP contribution < -0.4 is 5.32 Å². The highest BCUT2D eigenvalue weighted by atomic mass is 127. The number of nitrogens with zero attached hydrogens (tertiary/aromatic N) is 2. The first kappa shape index (κ1) is 14.4. The number of hydrogen-bond acceptors (Lipinski definition) is 4. The molecule has 1 rings (SSSR count). The Morgan fingerprint density at radius 2 is 2.41 bits per heavy atom. The van der Waals surface area contributed by atoms with E-state index in [0.29, 0.717) is 13.0 Å². The molecule has 17 heavy (non-hydrogen) atoms. The third-order valence-electron chi connectivity index (χ3n) is 2.65. The molecule has 0 spiro atoms. The Morgan fingerprint density at radius 1 is 1.71 bits per heavy atom. The van der Waals surface area contributed by atoms with Crippen LogP contribution in [0.4, 0.5) is 0 Å². The summed E-state index contributed by atoms with van der Waals surface area (Å²) in [7, 11) is 1.41. The van der Waals surface area contributed by atoms with Gasteiger partial charge >= 0.3 is 5.97 Å². The molecule has 1 unspecified atom stereocenters. The van der Waals surface area contributed by atoms with Crippen molar-refractivity contribution in [1.29, 1.82) is 0 Å². The number of esters is 1. The number of halogens is 1. The minimum absolute atomic E-state index is 0.235. The Balaban J connectivity index is 2.64. The fourth-order valence-corrected chi connectivity index (χ4v) is 2.12. The van der Waals surface area contributed by atoms with Crippen molar-refractivity contribution < 1.29 is 9.53 Å². The molecule has 0 aliphatic carbocycles. The second-order valence-electron chi connectivity index (χ2n) is 4.03. The minimum atomic E-state index is -0.652. The normalized spacial score (nSPS) is 14.4. The summed E-state index contributed by atoms with van der Waals surface area (Å²) in [5.74, 6) is -0.235. The number of ether oxygens (including phenoxy) is 1. The van der Waals surface area contributed by atoms with E-state index >= 15 is 0 Å². The smallest absolute Gasteiger partial charge is 0.325 e. The van der Waals surface area contributed by atoms with Crippen molar-refractivity contribution >= 4 is 28.6 Å². The maximum Gasteiger partial charge on any atom is 0.325 e. The third-order valence-corrected chi connectivity index (χ3v) is 3.20. The molecule has 1 atom stereocenters. The number of aromatic nitrogens is 2. The maximum atomic E-state index is 11.7. The van der Waals surface area contributed by atoms with E-state index in [-0.39, 0.29) is 5.97 Å². The molecule has 0 fully saturated rings. The van der Waals surface area contributed by atoms with Gasteiger partial charge in [0.2, 0.25) is 0 Å². The highest BCUT2D eigenvalue weighted by Gasteiger charge is 2.33. The van der Waals surface area contributed by atoms with Crippen molar-refractivity contribution in [3.63, 3.8) is 0 Å². The molecule has 0 bridgehead atoms. The molecule has 0 radical (unpaired) electrons. The van der Waals surface area contributed by atoms with Crippen LogP contribution >= 0.6 is 22.6 Å². The number of carbonyl (C=O) groups excluding carboxylic acids is 1. The molecular formula is C11H18IN3O2. The monoisotopic (exact) mass is 351 g/mol. The molecule has 1 heterocycles. The lowest BCUT2D eigenvalue weighted by Crippen LogP contribution is -2.50. The average molecular weight is 351 g/mol. The number of hydrogen-bond donors (Lipinski definition) is 1. The third kappa shape index (κ3) is 3.95. The molecule has 1 aromatic rings. The number of aryl methyl sites for hydroxylation is 1. The van der Waals surface area contributed by atoms with E-state index in [9.17, 15) is 4.79 Å². The van der Waals surface area contributed by atoms with Gasteiger partial charge in [0.15, 0.2) is 0 Å². The van der Waals surface area contributed by atoms with E-state index in [1.807, 2.05) is 24.7 Å². The number of nitrogens with one attached hydrogen (secondary N) is 1. The van der Waals surface area contributed by atoms with Crippen LogP contribution in [0.1, 0.15) is 20.3 Å². The van der Waals surface area contributed by atoms with Crippen LogP contribution in [-0.4, -0.2) is 34.9 Å². The lowest BCUT2D eigenvalue weighted by molar-refractivity contribution is -0.148. The summed E-state index contributed by atoms with van der Waals surface area (Å²) in [6.45, 7) is 5.23. The van der Waals surface area contributed by atoms with Gasteiger partial charge in [0.1, 0.15) is 5.54 Å². The zero-order valence-electron chi connectivity index (χ0n) is 10.4. The summed E-state index contributed by atoms with van der Waals surface area (Å²) >= 11 is 2.21. The SMILES string of the molecule is CCNC(C)(CCn1cc(I)cn1)C(=O)OC. The topological polar surface area (TPSA) is 56.2 Å². The van der Waals surface area contributed by atoms with Gasteiger partial charge in [-0.15, -0.1) is 0 Å². The van der Waals surface area contributed by atoms with Crippen LogP contribution in [-0.2, 0) is 16.1 Å². The van der Waals surface area contributed by atoms with E-state index < -0.39 is 5.54 Å². The van der Waals surface area contributed by atoms with Crippen molar-refractivity contribution in [2.24, 2.45) is 0 Å². The highest BCUT2D eigenvalue weighted by Crippen LogP contribution is 2.13. The molecule has 0 saturated heterocycles. The van der Waals surface area contributed by atoms with Crippen LogP contribution in [0.2, 0.25) is 0 Å². The fourth-order valence-electron chi connectivity index (χ4n) is 1.68. The molecule has 1 aromatic heterocycles. The zero-order valence-corrected chi connectivity index (χ0v) is 12.5. The van der Waals surface area contributed by atoms with Crippen molar-refractivity contribution in [3.8, 4) is 0 Å². The summed E-state index contributed by atoms with van der Waals surface area (Å²) in [6.07, 6.45) is 4.39. The Morgan fingerprint density at radius 3 is 2.88 bits per heavy atom. The van der Waals surface area contributed by atoms with Crippen LogP contribution in [0.3, 0.4) is 0 Å². The summed E-state index contributed by atoms with van der Waals surface area (Å²) in [5.41, 5.74) is -0.652. The summed E-state index contributed by atoms with van der Waals surface area (Å²) in [4.78, 5) is 11.7. The van der Waals surface area contributed by atoms with E-state index in [4.69, 9.17) is 4.74 Å². The molecule has 5 nitrogen and oxygen atoms in total. The second-order valence-corrected chi connectivity index (χ2v) is 5.27. The summed E-state index contributed by atoms with van der Waals surface area (Å²) in [5, 5.41) is 7.36. The van der Waals surface area contributed by atoms with E-state index in [0.717, 1.165) is 10.1 Å². The number of likely N-dealkylation sites (N-methyl/N-ethyl adjacent to an activating group) is 1. The molecule has 0 aliphatic heterocycles. The molecule has 6 heteroatoms. The number of methoxy groups -OCH3 is 1. The van der Waals surface area contributed by atoms with E-state index in [1.54, 1.807) is 6.20 Å². The first-order chi connectivity index (χ1) is 8.01. The van der Waals surface area contributed by atoms with Gasteiger partial charge in [0.25, 0.3) is 0 Å². The first-order valence-corrected chi connectivity index (χ1v) is 6.61. The van der Waals surface area contributed by atoms with Crippen LogP contribution in [0.5, 0.6) is 0 Å². The zero-order chi connectivity index (χ0) is 12.9. The Hall–Kier alpha value is -0.630. The molecule has 0 aromatic carbocycles. The van der Waals surface area contributed by atoms with Crippen molar-refractivity contribution in [1.82, 2.24) is 15.1 Å². The first-order valence-electron chi connectivity index (χ1n) is 5.53. The van der Waals surface area contributed by atoms with Gasteiger partial charge in [-0.3, -0.25) is 9.48 Å². The molecule has 96 valence electrons. The molecule has 0 saturated carbocycles. The predicted octanol–water partition coefficient (Wildman–Crippen LogP) is 1.42. The number of rotatable bonds is 6. The summed E-state index contributed by atoms with van der Waals surface area (Å²) in [6, 6.07) is 0. The highest BCUT2D eigenvalue weighted by molar-refractivity contribution is 14.1. The van der Waals surface area contributed by atoms with Crippen LogP contribution in [0.25, 0.3) is 0 Å². The van der Waals surface area contributed by atoms with Gasteiger partial charge in [0, 0.05) is 12.7 Å². The second kappa shape index (κ2) is 6.34. The molecule has 0 amide bonds. The standard InChI is InChI=1S/C11H18IN3O2/c1-4-13-11(2,10(16)17-3)5-6-15-8-9(12)7-14-15/h7-8,13H,4-6H2,1-3H3. The Labute approximate surface area is 115 Å². The van der Waals surface area contributed by atoms with Gasteiger partial charge in [-0.25, -0.2) is 0 Å². The number of carbonyl (C=O) groups is 1. The van der Waals surface area contributed by atoms with E-state index in [2.05, 4.69) is 33.0 Å². The van der Waals surface area contributed by atoms with Gasteiger partial charge < -0.3 is 10.1 Å². The van der Waals surface area contributed by atoms with Crippen molar-refractivity contribution in [2.75, 3.05) is 13.7 Å². The van der Waals surface area contributed by atoms with Gasteiger partial charge in [-0.05, 0) is 42.5 Å². The lowest BCUT2D eigenvalue weighted by Gasteiger charge is -2.27. The largest absolute Gasteiger partial charge is 0.468 e. The quantitative estimate of drug-likeness (QED) is 0.622. The summed E-state index contributed by atoms with van der Waals surface area (Å²) < 4.78 is 7.75.